The predicted molar refractivity (Wildman–Crippen MR) is 174 cm³/mol. The summed E-state index contributed by atoms with van der Waals surface area (Å²) in [6, 6.07) is 0. The van der Waals surface area contributed by atoms with Crippen LogP contribution in [0.1, 0.15) is 90.4 Å². The summed E-state index contributed by atoms with van der Waals surface area (Å²) in [7, 11) is 0. The van der Waals surface area contributed by atoms with Crippen LogP contribution in [0.4, 0.5) is 0 Å². The number of rotatable bonds is 27. The first-order chi connectivity index (χ1) is 23.7. The number of aliphatic hydroxyl groups is 4. The van der Waals surface area contributed by atoms with Crippen LogP contribution in [0.15, 0.2) is 0 Å². The van der Waals surface area contributed by atoms with E-state index >= 15 is 0 Å². The average Bonchev–Trinajstić information content (AvgIpc) is 3.31. The first-order valence-corrected chi connectivity index (χ1v) is 17.3. The van der Waals surface area contributed by atoms with E-state index < -0.39 is 48.4 Å². The van der Waals surface area contributed by atoms with Gasteiger partial charge >= 0.3 is 0 Å². The normalized spacial score (nSPS) is 20.0. The van der Waals surface area contributed by atoms with Gasteiger partial charge in [0.15, 0.2) is 0 Å². The van der Waals surface area contributed by atoms with Crippen LogP contribution in [0.3, 0.4) is 0 Å². The largest absolute Gasteiger partial charge is 0.394 e. The van der Waals surface area contributed by atoms with E-state index in [1.54, 1.807) is 0 Å². The van der Waals surface area contributed by atoms with Crippen LogP contribution in [0.5, 0.6) is 0 Å². The highest BCUT2D eigenvalue weighted by molar-refractivity contribution is 5.83. The molecule has 4 unspecified atom stereocenters. The van der Waals surface area contributed by atoms with Gasteiger partial charge in [0, 0.05) is 65.3 Å². The Bertz CT molecular complexity index is 1040. The molecule has 4 atom stereocenters. The molecule has 0 radical (unpaired) electrons. The molecule has 0 bridgehead atoms. The Morgan fingerprint density at radius 1 is 0.660 bits per heavy atom. The number of nitrogens with one attached hydrogen (secondary N) is 3. The maximum atomic E-state index is 12.1. The van der Waals surface area contributed by atoms with Gasteiger partial charge < -0.3 is 41.1 Å². The molecule has 1 heterocycles. The number of carbonyl (C=O) groups is 5. The highest BCUT2D eigenvalue weighted by atomic mass is 16.7. The summed E-state index contributed by atoms with van der Waals surface area (Å²) >= 11 is 0. The van der Waals surface area contributed by atoms with Crippen LogP contribution >= 0.6 is 0 Å². The summed E-state index contributed by atoms with van der Waals surface area (Å²) in [6.07, 6.45) is 0.793. The molecule has 0 aromatic carbocycles. The number of ether oxygens (including phenoxy) is 1. The van der Waals surface area contributed by atoms with Crippen molar-refractivity contribution in [2.45, 2.75) is 114 Å². The Balaban J connectivity index is 2.01. The fourth-order valence-corrected chi connectivity index (χ4v) is 4.98. The SMILES string of the molecule is CC(=O)N(O)CCCCCNC(=O)CCC(=O)N(O)CCCCCNC(=O)CCC(=O)N(O)CCCCCNCC1(O)OC(CO)C(O)C1O. The zero-order chi connectivity index (χ0) is 37.5. The minimum absolute atomic E-state index is 0.0668. The molecule has 1 aliphatic rings. The van der Waals surface area contributed by atoms with Gasteiger partial charge in [0.05, 0.1) is 13.2 Å². The van der Waals surface area contributed by atoms with Crippen molar-refractivity contribution in [3.63, 3.8) is 0 Å². The molecule has 0 spiro atoms. The fraction of sp³-hybridized carbons (Fsp3) is 0.839. The molecule has 1 saturated heterocycles. The first kappa shape index (κ1) is 45.0. The number of hydroxylamine groups is 6. The van der Waals surface area contributed by atoms with E-state index in [1.807, 2.05) is 0 Å². The summed E-state index contributed by atoms with van der Waals surface area (Å²) in [4.78, 5) is 59.1. The lowest BCUT2D eigenvalue weighted by Crippen LogP contribution is -2.50. The van der Waals surface area contributed by atoms with Gasteiger partial charge in [-0.3, -0.25) is 39.6 Å². The molecular weight excluding hydrogens is 664 g/mol. The molecule has 1 rings (SSSR count). The monoisotopic (exact) mass is 722 g/mol. The number of nitrogens with zero attached hydrogens (tertiary/aromatic N) is 3. The van der Waals surface area contributed by atoms with Crippen LogP contribution in [0, 0.1) is 0 Å². The van der Waals surface area contributed by atoms with Crippen molar-refractivity contribution in [1.29, 1.82) is 0 Å². The third kappa shape index (κ3) is 18.3. The number of aliphatic hydroxyl groups excluding tert-OH is 3. The summed E-state index contributed by atoms with van der Waals surface area (Å²) in [5.41, 5.74) is 0. The molecule has 1 fully saturated rings. The van der Waals surface area contributed by atoms with Gasteiger partial charge in [0.1, 0.15) is 18.3 Å². The van der Waals surface area contributed by atoms with Gasteiger partial charge in [-0.05, 0) is 57.9 Å². The van der Waals surface area contributed by atoms with Crippen molar-refractivity contribution in [3.8, 4) is 0 Å². The van der Waals surface area contributed by atoms with Crippen molar-refractivity contribution in [2.75, 3.05) is 52.4 Å². The Morgan fingerprint density at radius 3 is 1.52 bits per heavy atom. The molecule has 0 aromatic heterocycles. The van der Waals surface area contributed by atoms with E-state index in [4.69, 9.17) is 9.84 Å². The number of carbonyl (C=O) groups excluding carboxylic acids is 5. The number of hydrogen-bond donors (Lipinski definition) is 10. The summed E-state index contributed by atoms with van der Waals surface area (Å²) in [6.45, 7) is 2.08. The summed E-state index contributed by atoms with van der Waals surface area (Å²) in [5.74, 6) is -4.29. The first-order valence-electron chi connectivity index (χ1n) is 17.3. The molecule has 290 valence electrons. The lowest BCUT2D eigenvalue weighted by molar-refractivity contribution is -0.226. The van der Waals surface area contributed by atoms with Crippen LogP contribution in [0.2, 0.25) is 0 Å². The minimum atomic E-state index is -2.02. The number of hydrogen-bond acceptors (Lipinski definition) is 14. The lowest BCUT2D eigenvalue weighted by Gasteiger charge is -2.26. The van der Waals surface area contributed by atoms with Crippen LogP contribution in [-0.2, 0) is 28.7 Å². The number of unbranched alkanes of at least 4 members (excludes halogenated alkanes) is 6. The Labute approximate surface area is 292 Å². The van der Waals surface area contributed by atoms with Crippen molar-refractivity contribution >= 4 is 29.5 Å². The summed E-state index contributed by atoms with van der Waals surface area (Å²) < 4.78 is 5.13. The minimum Gasteiger partial charge on any atom is -0.394 e. The van der Waals surface area contributed by atoms with E-state index in [-0.39, 0.29) is 63.7 Å². The molecule has 19 nitrogen and oxygen atoms in total. The van der Waals surface area contributed by atoms with E-state index in [1.165, 1.54) is 6.92 Å². The van der Waals surface area contributed by atoms with Gasteiger partial charge in [-0.2, -0.15) is 0 Å². The molecule has 19 heteroatoms. The number of amides is 5. The Morgan fingerprint density at radius 2 is 1.10 bits per heavy atom. The molecular formula is C31H58N6O13. The van der Waals surface area contributed by atoms with E-state index in [9.17, 15) is 54.9 Å². The smallest absolute Gasteiger partial charge is 0.246 e. The lowest BCUT2D eigenvalue weighted by atomic mass is 10.1. The van der Waals surface area contributed by atoms with Crippen LogP contribution in [0.25, 0.3) is 0 Å². The van der Waals surface area contributed by atoms with Crippen molar-refractivity contribution in [1.82, 2.24) is 31.1 Å². The van der Waals surface area contributed by atoms with Crippen LogP contribution in [-0.4, -0.2) is 157 Å². The highest BCUT2D eigenvalue weighted by Gasteiger charge is 2.52. The molecule has 50 heavy (non-hydrogen) atoms. The van der Waals surface area contributed by atoms with Crippen LogP contribution < -0.4 is 16.0 Å². The van der Waals surface area contributed by atoms with Crippen molar-refractivity contribution < 1.29 is 64.8 Å². The highest BCUT2D eigenvalue weighted by Crippen LogP contribution is 2.28. The maximum absolute atomic E-state index is 12.1. The summed E-state index contributed by atoms with van der Waals surface area (Å²) in [5, 5.41) is 78.3. The Kier molecular flexibility index (Phi) is 22.5. The molecule has 10 N–H and O–H groups in total. The molecule has 0 saturated carbocycles. The fourth-order valence-electron chi connectivity index (χ4n) is 4.98. The second-order valence-corrected chi connectivity index (χ2v) is 12.4. The second kappa shape index (κ2) is 25.0. The topological polar surface area (TPSA) is 282 Å². The van der Waals surface area contributed by atoms with E-state index in [2.05, 4.69) is 16.0 Å². The predicted octanol–water partition coefficient (Wildman–Crippen LogP) is -1.65. The molecule has 0 aromatic rings. The van der Waals surface area contributed by atoms with Gasteiger partial charge in [0.25, 0.3) is 0 Å². The van der Waals surface area contributed by atoms with Gasteiger partial charge in [-0.15, -0.1) is 0 Å². The van der Waals surface area contributed by atoms with Crippen molar-refractivity contribution in [3.05, 3.63) is 0 Å². The van der Waals surface area contributed by atoms with Gasteiger partial charge in [-0.1, -0.05) is 6.42 Å². The van der Waals surface area contributed by atoms with Gasteiger partial charge in [0.2, 0.25) is 35.3 Å². The molecule has 0 aliphatic carbocycles. The quantitative estimate of drug-likeness (QED) is 0.0259. The van der Waals surface area contributed by atoms with Gasteiger partial charge in [-0.25, -0.2) is 15.2 Å². The molecule has 5 amide bonds. The van der Waals surface area contributed by atoms with E-state index in [0.717, 1.165) is 0 Å². The zero-order valence-corrected chi connectivity index (χ0v) is 29.0. The van der Waals surface area contributed by atoms with Crippen molar-refractivity contribution in [2.24, 2.45) is 0 Å². The average molecular weight is 723 g/mol. The maximum Gasteiger partial charge on any atom is 0.246 e. The third-order valence-corrected chi connectivity index (χ3v) is 8.11. The Hall–Kier alpha value is -3.01. The standard InChI is InChI=1S/C31H58N6O13/c1-23(39)35(47)18-8-3-6-16-33-25(40)12-14-28(43)37(49)20-10-4-7-17-34-26(41)11-13-27(42)36(48)19-9-2-5-15-32-22-31(46)30(45)29(44)24(21-38)50-31/h24,29-30,32,38,44-49H,2-22H2,1H3,(H,33,40)(H,34,41). The third-order valence-electron chi connectivity index (χ3n) is 8.11. The zero-order valence-electron chi connectivity index (χ0n) is 29.0. The second-order valence-electron chi connectivity index (χ2n) is 12.4. The molecule has 1 aliphatic heterocycles. The van der Waals surface area contributed by atoms with E-state index in [0.29, 0.717) is 92.6 Å².